The minimum atomic E-state index is -0.224. The van der Waals surface area contributed by atoms with E-state index in [1.54, 1.807) is 24.5 Å². The third-order valence-corrected chi connectivity index (χ3v) is 4.38. The van der Waals surface area contributed by atoms with Crippen LogP contribution < -0.4 is 11.1 Å². The fourth-order valence-electron chi connectivity index (χ4n) is 2.90. The molecule has 1 aromatic heterocycles. The molecule has 0 spiro atoms. The summed E-state index contributed by atoms with van der Waals surface area (Å²) in [6.45, 7) is 4.15. The van der Waals surface area contributed by atoms with Gasteiger partial charge in [-0.05, 0) is 12.8 Å². The highest BCUT2D eigenvalue weighted by atomic mass is 35.5. The maximum atomic E-state index is 12.5. The zero-order chi connectivity index (χ0) is 17.5. The summed E-state index contributed by atoms with van der Waals surface area (Å²) >= 11 is 0. The highest BCUT2D eigenvalue weighted by Gasteiger charge is 2.28. The lowest BCUT2D eigenvalue weighted by Crippen LogP contribution is -2.42. The topological polar surface area (TPSA) is 102 Å². The fraction of sp³-hybridized carbons (Fsp3) is 0.688. The Balaban J connectivity index is 0.00000312. The van der Waals surface area contributed by atoms with E-state index >= 15 is 0 Å². The molecule has 150 valence electrons. The summed E-state index contributed by atoms with van der Waals surface area (Å²) in [5, 5.41) is 2.95. The second-order valence-electron chi connectivity index (χ2n) is 6.25. The molecule has 3 N–H and O–H groups in total. The number of imidazole rings is 1. The van der Waals surface area contributed by atoms with E-state index in [0.29, 0.717) is 39.2 Å². The van der Waals surface area contributed by atoms with Gasteiger partial charge in [0, 0.05) is 45.9 Å². The van der Waals surface area contributed by atoms with E-state index in [2.05, 4.69) is 10.3 Å². The Bertz CT molecular complexity index is 570. The number of ether oxygens (including phenoxy) is 1. The molecular weight excluding hydrogens is 381 g/mol. The summed E-state index contributed by atoms with van der Waals surface area (Å²) in [6, 6.07) is -0.0674. The van der Waals surface area contributed by atoms with E-state index in [1.807, 2.05) is 4.57 Å². The third-order valence-electron chi connectivity index (χ3n) is 4.38. The van der Waals surface area contributed by atoms with Crippen molar-refractivity contribution in [2.45, 2.75) is 38.9 Å². The van der Waals surface area contributed by atoms with Crippen molar-refractivity contribution in [3.05, 3.63) is 18.2 Å². The molecule has 10 heteroatoms. The number of rotatable bonds is 6. The number of hydrogen-bond acceptors (Lipinski definition) is 5. The number of nitrogens with two attached hydrogens (primary N) is 1. The second-order valence-corrected chi connectivity index (χ2v) is 6.25. The molecule has 1 aliphatic rings. The monoisotopic (exact) mass is 409 g/mol. The molecule has 2 heterocycles. The Morgan fingerprint density at radius 2 is 2.08 bits per heavy atom. The standard InChI is InChI=1S/C16H27N5O3.2ClH/c1-12(22)21-9-13(3-4-14(17)10-21)16(23)19-8-15-7-18-11-20(15)5-6-24-2;;/h7,11,13-14H,3-6,8-10,17H2,1-2H3,(H,19,23);2*1H/t13-,14+;;/m1../s1. The van der Waals surface area contributed by atoms with E-state index in [1.165, 1.54) is 6.92 Å². The summed E-state index contributed by atoms with van der Waals surface area (Å²) in [6.07, 6.45) is 4.90. The number of nitrogens with zero attached hydrogens (tertiary/aromatic N) is 3. The number of aromatic nitrogens is 2. The van der Waals surface area contributed by atoms with Gasteiger partial charge in [0.05, 0.1) is 31.1 Å². The minimum Gasteiger partial charge on any atom is -0.383 e. The Morgan fingerprint density at radius 3 is 2.73 bits per heavy atom. The predicted molar refractivity (Wildman–Crippen MR) is 103 cm³/mol. The highest BCUT2D eigenvalue weighted by molar-refractivity contribution is 5.85. The smallest absolute Gasteiger partial charge is 0.225 e. The highest BCUT2D eigenvalue weighted by Crippen LogP contribution is 2.16. The van der Waals surface area contributed by atoms with Crippen LogP contribution in [-0.4, -0.2) is 59.1 Å². The van der Waals surface area contributed by atoms with Crippen LogP contribution in [0.1, 0.15) is 25.5 Å². The van der Waals surface area contributed by atoms with E-state index < -0.39 is 0 Å². The minimum absolute atomic E-state index is 0. The lowest BCUT2D eigenvalue weighted by molar-refractivity contribution is -0.131. The van der Waals surface area contributed by atoms with Crippen molar-refractivity contribution in [1.29, 1.82) is 0 Å². The van der Waals surface area contributed by atoms with Crippen LogP contribution in [0.5, 0.6) is 0 Å². The molecule has 0 aromatic carbocycles. The number of hydrogen-bond donors (Lipinski definition) is 2. The number of halogens is 2. The molecule has 0 bridgehead atoms. The summed E-state index contributed by atoms with van der Waals surface area (Å²) < 4.78 is 7.02. The van der Waals surface area contributed by atoms with Crippen molar-refractivity contribution in [2.75, 3.05) is 26.8 Å². The quantitative estimate of drug-likeness (QED) is 0.714. The SMILES string of the molecule is COCCn1cncc1CNC(=O)[C@@H]1CC[C@H](N)CN(C(C)=O)C1.Cl.Cl. The van der Waals surface area contributed by atoms with Gasteiger partial charge >= 0.3 is 0 Å². The van der Waals surface area contributed by atoms with Crippen molar-refractivity contribution in [3.8, 4) is 0 Å². The molecular formula is C16H29Cl2N5O3. The number of methoxy groups -OCH3 is 1. The van der Waals surface area contributed by atoms with Crippen LogP contribution in [0, 0.1) is 5.92 Å². The van der Waals surface area contributed by atoms with Crippen LogP contribution in [0.15, 0.2) is 12.5 Å². The molecule has 2 atom stereocenters. The average Bonchev–Trinajstić information content (AvgIpc) is 2.90. The molecule has 1 fully saturated rings. The molecule has 1 aliphatic heterocycles. The molecule has 0 aliphatic carbocycles. The summed E-state index contributed by atoms with van der Waals surface area (Å²) in [7, 11) is 1.65. The van der Waals surface area contributed by atoms with Gasteiger partial charge in [0.15, 0.2) is 0 Å². The van der Waals surface area contributed by atoms with Crippen LogP contribution in [0.4, 0.5) is 0 Å². The first kappa shape index (κ1) is 24.7. The van der Waals surface area contributed by atoms with Crippen LogP contribution in [0.25, 0.3) is 0 Å². The normalized spacial score (nSPS) is 19.7. The van der Waals surface area contributed by atoms with Crippen LogP contribution >= 0.6 is 24.8 Å². The van der Waals surface area contributed by atoms with Gasteiger partial charge < -0.3 is 25.3 Å². The van der Waals surface area contributed by atoms with Gasteiger partial charge in [-0.15, -0.1) is 24.8 Å². The first-order chi connectivity index (χ1) is 11.5. The molecule has 26 heavy (non-hydrogen) atoms. The Morgan fingerprint density at radius 1 is 1.35 bits per heavy atom. The lowest BCUT2D eigenvalue weighted by atomic mass is 10.0. The van der Waals surface area contributed by atoms with Gasteiger partial charge in [0.25, 0.3) is 0 Å². The average molecular weight is 410 g/mol. The zero-order valence-electron chi connectivity index (χ0n) is 15.2. The number of carbonyl (C=O) groups excluding carboxylic acids is 2. The number of nitrogens with one attached hydrogen (secondary N) is 1. The van der Waals surface area contributed by atoms with Gasteiger partial charge in [0.2, 0.25) is 11.8 Å². The van der Waals surface area contributed by atoms with Gasteiger partial charge in [-0.2, -0.15) is 0 Å². The van der Waals surface area contributed by atoms with E-state index in [9.17, 15) is 9.59 Å². The van der Waals surface area contributed by atoms with Crippen molar-refractivity contribution < 1.29 is 14.3 Å². The van der Waals surface area contributed by atoms with Crippen molar-refractivity contribution in [1.82, 2.24) is 19.8 Å². The molecule has 2 rings (SSSR count). The van der Waals surface area contributed by atoms with Crippen LogP contribution in [-0.2, 0) is 27.4 Å². The van der Waals surface area contributed by atoms with E-state index in [4.69, 9.17) is 10.5 Å². The molecule has 0 radical (unpaired) electrons. The van der Waals surface area contributed by atoms with E-state index in [0.717, 1.165) is 12.1 Å². The number of likely N-dealkylation sites (tertiary alicyclic amines) is 1. The van der Waals surface area contributed by atoms with Crippen molar-refractivity contribution >= 4 is 36.6 Å². The Kier molecular flexibility index (Phi) is 11.5. The maximum absolute atomic E-state index is 12.5. The molecule has 1 aromatic rings. The summed E-state index contributed by atoms with van der Waals surface area (Å²) in [5.41, 5.74) is 6.92. The van der Waals surface area contributed by atoms with Gasteiger partial charge in [-0.3, -0.25) is 9.59 Å². The first-order valence-electron chi connectivity index (χ1n) is 8.28. The van der Waals surface area contributed by atoms with Gasteiger partial charge in [-0.25, -0.2) is 4.98 Å². The van der Waals surface area contributed by atoms with Gasteiger partial charge in [0.1, 0.15) is 0 Å². The van der Waals surface area contributed by atoms with Crippen molar-refractivity contribution in [3.63, 3.8) is 0 Å². The molecule has 2 amide bonds. The molecule has 0 saturated carbocycles. The summed E-state index contributed by atoms with van der Waals surface area (Å²) in [4.78, 5) is 30.0. The second kappa shape index (κ2) is 12.1. The maximum Gasteiger partial charge on any atom is 0.225 e. The lowest BCUT2D eigenvalue weighted by Gasteiger charge is -2.23. The molecule has 1 saturated heterocycles. The Hall–Kier alpha value is -1.35. The zero-order valence-corrected chi connectivity index (χ0v) is 16.9. The van der Waals surface area contributed by atoms with E-state index in [-0.39, 0.29) is 48.6 Å². The third kappa shape index (κ3) is 7.11. The van der Waals surface area contributed by atoms with Crippen molar-refractivity contribution in [2.24, 2.45) is 11.7 Å². The first-order valence-corrected chi connectivity index (χ1v) is 8.28. The number of amides is 2. The molecule has 0 unspecified atom stereocenters. The van der Waals surface area contributed by atoms with Crippen LogP contribution in [0.2, 0.25) is 0 Å². The molecule has 8 nitrogen and oxygen atoms in total. The van der Waals surface area contributed by atoms with Crippen LogP contribution in [0.3, 0.4) is 0 Å². The van der Waals surface area contributed by atoms with Gasteiger partial charge in [-0.1, -0.05) is 0 Å². The fourth-order valence-corrected chi connectivity index (χ4v) is 2.90. The predicted octanol–water partition coefficient (Wildman–Crippen LogP) is 0.575. The largest absolute Gasteiger partial charge is 0.383 e. The Labute approximate surface area is 166 Å². The number of carbonyl (C=O) groups is 2. The summed E-state index contributed by atoms with van der Waals surface area (Å²) in [5.74, 6) is -0.310.